The Hall–Kier alpha value is -3.72. The first kappa shape index (κ1) is 26.9. The Morgan fingerprint density at radius 2 is 0.972 bits per heavy atom. The van der Waals surface area contributed by atoms with Crippen LogP contribution in [0.15, 0.2) is 70.7 Å². The second-order valence-electron chi connectivity index (χ2n) is 7.68. The maximum atomic E-state index is 12.3. The molecule has 0 atom stereocenters. The zero-order valence-corrected chi connectivity index (χ0v) is 20.6. The van der Waals surface area contributed by atoms with E-state index >= 15 is 0 Å². The summed E-state index contributed by atoms with van der Waals surface area (Å²) >= 11 is 0. The van der Waals surface area contributed by atoms with Crippen LogP contribution in [0.25, 0.3) is 0 Å². The van der Waals surface area contributed by atoms with Gasteiger partial charge in [-0.2, -0.15) is 0 Å². The Labute approximate surface area is 208 Å². The van der Waals surface area contributed by atoms with Crippen LogP contribution >= 0.6 is 0 Å². The second-order valence-corrected chi connectivity index (χ2v) is 10.8. The van der Waals surface area contributed by atoms with Crippen molar-refractivity contribution in [2.24, 2.45) is 10.3 Å². The standard InChI is InChI=1S/C22H24N6O6S2/c23-35(31,32)17-5-1-15(2-6-17)9-11-25-21(29)19-13-28-20(14-27-19)22(30)26-12-10-16-3-7-18(8-4-16)36(24,33)34/h1-8,13-14H,9-12H2,(H,25,29)(H,26,30)(H2,23,31,32)(H2,24,33,34). The summed E-state index contributed by atoms with van der Waals surface area (Å²) in [6, 6.07) is 12.0. The summed E-state index contributed by atoms with van der Waals surface area (Å²) in [7, 11) is -7.52. The molecule has 0 saturated carbocycles. The number of nitrogens with one attached hydrogen (secondary N) is 2. The maximum Gasteiger partial charge on any atom is 0.271 e. The fourth-order valence-electron chi connectivity index (χ4n) is 3.08. The van der Waals surface area contributed by atoms with Gasteiger partial charge in [0, 0.05) is 13.1 Å². The highest BCUT2D eigenvalue weighted by molar-refractivity contribution is 7.89. The fourth-order valence-corrected chi connectivity index (χ4v) is 4.11. The molecule has 36 heavy (non-hydrogen) atoms. The molecule has 12 nitrogen and oxygen atoms in total. The van der Waals surface area contributed by atoms with Crippen molar-refractivity contribution in [3.63, 3.8) is 0 Å². The van der Waals surface area contributed by atoms with Gasteiger partial charge in [-0.3, -0.25) is 9.59 Å². The molecule has 0 unspecified atom stereocenters. The molecule has 0 spiro atoms. The average Bonchev–Trinajstić information content (AvgIpc) is 2.83. The third-order valence-corrected chi connectivity index (χ3v) is 6.88. The summed E-state index contributed by atoms with van der Waals surface area (Å²) in [4.78, 5) is 32.5. The molecule has 1 heterocycles. The minimum Gasteiger partial charge on any atom is -0.350 e. The molecular weight excluding hydrogens is 508 g/mol. The Morgan fingerprint density at radius 3 is 1.25 bits per heavy atom. The summed E-state index contributed by atoms with van der Waals surface area (Å²) in [5, 5.41) is 15.5. The Bertz CT molecular complexity index is 1330. The molecule has 1 aromatic heterocycles. The van der Waals surface area contributed by atoms with E-state index in [0.717, 1.165) is 11.1 Å². The number of amides is 2. The number of nitrogens with two attached hydrogens (primary N) is 2. The summed E-state index contributed by atoms with van der Waals surface area (Å²) in [5.41, 5.74) is 1.68. The molecular formula is C22H24N6O6S2. The molecule has 0 aliphatic rings. The van der Waals surface area contributed by atoms with Crippen molar-refractivity contribution in [1.29, 1.82) is 0 Å². The average molecular weight is 533 g/mol. The van der Waals surface area contributed by atoms with Crippen molar-refractivity contribution in [1.82, 2.24) is 20.6 Å². The van der Waals surface area contributed by atoms with Gasteiger partial charge in [0.2, 0.25) is 20.0 Å². The Balaban J connectivity index is 1.44. The Morgan fingerprint density at radius 1 is 0.639 bits per heavy atom. The molecule has 190 valence electrons. The number of hydrogen-bond donors (Lipinski definition) is 4. The molecule has 0 radical (unpaired) electrons. The molecule has 0 saturated heterocycles. The van der Waals surface area contributed by atoms with Gasteiger partial charge in [-0.25, -0.2) is 37.1 Å². The first-order valence-corrected chi connectivity index (χ1v) is 13.6. The SMILES string of the molecule is NS(=O)(=O)c1ccc(CCNC(=O)c2cnc(C(=O)NCCc3ccc(S(N)(=O)=O)cc3)cn2)cc1. The number of carbonyl (C=O) groups is 2. The largest absolute Gasteiger partial charge is 0.350 e. The van der Waals surface area contributed by atoms with E-state index in [2.05, 4.69) is 20.6 Å². The quantitative estimate of drug-likeness (QED) is 0.272. The predicted octanol–water partition coefficient (Wildman–Crippen LogP) is -0.284. The number of aromatic nitrogens is 2. The van der Waals surface area contributed by atoms with Crippen LogP contribution in [0.4, 0.5) is 0 Å². The first-order valence-electron chi connectivity index (χ1n) is 10.6. The van der Waals surface area contributed by atoms with Gasteiger partial charge in [0.15, 0.2) is 0 Å². The molecule has 14 heteroatoms. The molecule has 3 rings (SSSR count). The van der Waals surface area contributed by atoms with Gasteiger partial charge >= 0.3 is 0 Å². The van der Waals surface area contributed by atoms with Gasteiger partial charge in [0.1, 0.15) is 11.4 Å². The van der Waals surface area contributed by atoms with E-state index in [1.165, 1.54) is 36.7 Å². The van der Waals surface area contributed by atoms with Crippen LogP contribution in [0, 0.1) is 0 Å². The minimum absolute atomic E-state index is 0.00785. The molecule has 0 aliphatic heterocycles. The van der Waals surface area contributed by atoms with Crippen LogP contribution < -0.4 is 20.9 Å². The lowest BCUT2D eigenvalue weighted by molar-refractivity contribution is 0.0934. The van der Waals surface area contributed by atoms with E-state index in [-0.39, 0.29) is 34.3 Å². The van der Waals surface area contributed by atoms with E-state index < -0.39 is 31.9 Å². The number of primary sulfonamides is 2. The van der Waals surface area contributed by atoms with Crippen LogP contribution in [0.5, 0.6) is 0 Å². The zero-order valence-electron chi connectivity index (χ0n) is 18.9. The minimum atomic E-state index is -3.76. The Kier molecular flexibility index (Phi) is 8.47. The van der Waals surface area contributed by atoms with Crippen molar-refractivity contribution in [2.75, 3.05) is 13.1 Å². The number of nitrogens with zero attached hydrogens (tertiary/aromatic N) is 2. The lowest BCUT2D eigenvalue weighted by Crippen LogP contribution is -2.29. The summed E-state index contributed by atoms with van der Waals surface area (Å²) < 4.78 is 45.1. The van der Waals surface area contributed by atoms with Gasteiger partial charge in [-0.15, -0.1) is 0 Å². The van der Waals surface area contributed by atoms with Gasteiger partial charge in [0.05, 0.1) is 22.2 Å². The van der Waals surface area contributed by atoms with E-state index in [1.54, 1.807) is 24.3 Å². The molecule has 0 bridgehead atoms. The van der Waals surface area contributed by atoms with Crippen molar-refractivity contribution in [3.05, 3.63) is 83.4 Å². The molecule has 3 aromatic rings. The zero-order chi connectivity index (χ0) is 26.3. The highest BCUT2D eigenvalue weighted by Crippen LogP contribution is 2.10. The van der Waals surface area contributed by atoms with Crippen LogP contribution in [0.2, 0.25) is 0 Å². The number of benzene rings is 2. The molecule has 0 aliphatic carbocycles. The van der Waals surface area contributed by atoms with E-state index in [9.17, 15) is 26.4 Å². The van der Waals surface area contributed by atoms with E-state index in [1.807, 2.05) is 0 Å². The lowest BCUT2D eigenvalue weighted by Gasteiger charge is -2.07. The van der Waals surface area contributed by atoms with Crippen molar-refractivity contribution < 1.29 is 26.4 Å². The summed E-state index contributed by atoms with van der Waals surface area (Å²) in [5.74, 6) is -0.947. The number of carbonyl (C=O) groups excluding carboxylic acids is 2. The first-order chi connectivity index (χ1) is 16.9. The number of hydrogen-bond acceptors (Lipinski definition) is 8. The fraction of sp³-hybridized carbons (Fsp3) is 0.182. The normalized spacial score (nSPS) is 11.6. The number of sulfonamides is 2. The smallest absolute Gasteiger partial charge is 0.271 e. The maximum absolute atomic E-state index is 12.3. The monoisotopic (exact) mass is 532 g/mol. The highest BCUT2D eigenvalue weighted by atomic mass is 32.2. The highest BCUT2D eigenvalue weighted by Gasteiger charge is 2.12. The van der Waals surface area contributed by atoms with Crippen molar-refractivity contribution in [3.8, 4) is 0 Å². The van der Waals surface area contributed by atoms with E-state index in [0.29, 0.717) is 12.8 Å². The molecule has 6 N–H and O–H groups in total. The number of rotatable bonds is 10. The van der Waals surface area contributed by atoms with Gasteiger partial charge in [0.25, 0.3) is 11.8 Å². The third-order valence-electron chi connectivity index (χ3n) is 5.02. The summed E-state index contributed by atoms with van der Waals surface area (Å²) in [6.45, 7) is 0.547. The topological polar surface area (TPSA) is 204 Å². The second kappa shape index (κ2) is 11.3. The van der Waals surface area contributed by atoms with Crippen LogP contribution in [0.3, 0.4) is 0 Å². The molecule has 2 amide bonds. The van der Waals surface area contributed by atoms with Crippen LogP contribution in [-0.4, -0.2) is 51.7 Å². The summed E-state index contributed by atoms with van der Waals surface area (Å²) in [6.07, 6.45) is 3.29. The van der Waals surface area contributed by atoms with Crippen molar-refractivity contribution in [2.45, 2.75) is 22.6 Å². The van der Waals surface area contributed by atoms with E-state index in [4.69, 9.17) is 10.3 Å². The molecule has 0 fully saturated rings. The van der Waals surface area contributed by atoms with Gasteiger partial charge in [-0.05, 0) is 48.2 Å². The van der Waals surface area contributed by atoms with Crippen molar-refractivity contribution >= 4 is 31.9 Å². The predicted molar refractivity (Wildman–Crippen MR) is 130 cm³/mol. The van der Waals surface area contributed by atoms with Gasteiger partial charge < -0.3 is 10.6 Å². The van der Waals surface area contributed by atoms with Gasteiger partial charge in [-0.1, -0.05) is 24.3 Å². The third kappa shape index (κ3) is 7.64. The van der Waals surface area contributed by atoms with Crippen LogP contribution in [0.1, 0.15) is 32.1 Å². The molecule has 2 aromatic carbocycles. The van der Waals surface area contributed by atoms with Crippen LogP contribution in [-0.2, 0) is 32.9 Å². The lowest BCUT2D eigenvalue weighted by atomic mass is 10.1.